The van der Waals surface area contributed by atoms with Crippen LogP contribution in [0.25, 0.3) is 53.2 Å². The van der Waals surface area contributed by atoms with Crippen molar-refractivity contribution in [2.75, 3.05) is 4.90 Å². The van der Waals surface area contributed by atoms with Crippen LogP contribution in [0.15, 0.2) is 120 Å². The average molecular weight is 664 g/mol. The van der Waals surface area contributed by atoms with Crippen LogP contribution in [0.2, 0.25) is 0 Å². The molecule has 49 heavy (non-hydrogen) atoms. The van der Waals surface area contributed by atoms with Crippen LogP contribution in [0, 0.1) is 11.6 Å². The number of thiophene rings is 1. The highest BCUT2D eigenvalue weighted by atomic mass is 32.1. The molecule has 2 heterocycles. The van der Waals surface area contributed by atoms with Gasteiger partial charge in [0.05, 0.1) is 5.69 Å². The minimum Gasteiger partial charge on any atom is -0.455 e. The van der Waals surface area contributed by atoms with Crippen LogP contribution in [0.4, 0.5) is 25.8 Å². The Labute approximate surface area is 288 Å². The Morgan fingerprint density at radius 3 is 2.04 bits per heavy atom. The third-order valence-electron chi connectivity index (χ3n) is 10.7. The zero-order valence-corrected chi connectivity index (χ0v) is 28.7. The third-order valence-corrected chi connectivity index (χ3v) is 11.8. The van der Waals surface area contributed by atoms with Crippen molar-refractivity contribution in [1.29, 1.82) is 0 Å². The average Bonchev–Trinajstić information content (AvgIpc) is 3.66. The summed E-state index contributed by atoms with van der Waals surface area (Å²) >= 11 is 1.79. The van der Waals surface area contributed by atoms with Gasteiger partial charge in [-0.1, -0.05) is 88.4 Å². The quantitative estimate of drug-likeness (QED) is 0.186. The highest BCUT2D eigenvalue weighted by molar-refractivity contribution is 7.25. The Kier molecular flexibility index (Phi) is 6.60. The normalized spacial score (nSPS) is 15.3. The molecule has 0 N–H and O–H groups in total. The van der Waals surface area contributed by atoms with E-state index in [2.05, 4.69) is 82.3 Å². The summed E-state index contributed by atoms with van der Waals surface area (Å²) in [5, 5.41) is 4.56. The van der Waals surface area contributed by atoms with E-state index in [1.807, 2.05) is 47.4 Å². The lowest BCUT2D eigenvalue weighted by molar-refractivity contribution is 0.332. The highest BCUT2D eigenvalue weighted by Crippen LogP contribution is 2.50. The zero-order valence-electron chi connectivity index (χ0n) is 27.9. The second-order valence-electron chi connectivity index (χ2n) is 14.7. The number of hydrogen-bond acceptors (Lipinski definition) is 3. The Bertz CT molecular complexity index is 2610. The maximum Gasteiger partial charge on any atom is 0.160 e. The molecule has 5 heteroatoms. The lowest BCUT2D eigenvalue weighted by atomic mass is 9.63. The minimum absolute atomic E-state index is 0.114. The van der Waals surface area contributed by atoms with Gasteiger partial charge in [-0.15, -0.1) is 11.3 Å². The number of para-hydroxylation sites is 3. The van der Waals surface area contributed by atoms with Crippen LogP contribution in [0.5, 0.6) is 0 Å². The van der Waals surface area contributed by atoms with Crippen molar-refractivity contribution < 1.29 is 13.2 Å². The molecule has 0 atom stereocenters. The van der Waals surface area contributed by atoms with E-state index in [0.29, 0.717) is 5.69 Å². The second-order valence-corrected chi connectivity index (χ2v) is 15.8. The molecule has 0 amide bonds. The summed E-state index contributed by atoms with van der Waals surface area (Å²) in [5.41, 5.74) is 8.81. The first-order valence-corrected chi connectivity index (χ1v) is 17.7. The Hall–Kier alpha value is -5.00. The molecule has 0 saturated carbocycles. The largest absolute Gasteiger partial charge is 0.455 e. The molecule has 0 bridgehead atoms. The third kappa shape index (κ3) is 4.70. The van der Waals surface area contributed by atoms with Crippen molar-refractivity contribution in [3.8, 4) is 11.1 Å². The number of fused-ring (bicyclic) bond motifs is 7. The minimum atomic E-state index is -0.891. The van der Waals surface area contributed by atoms with Crippen molar-refractivity contribution in [3.63, 3.8) is 0 Å². The Balaban J connectivity index is 1.27. The predicted octanol–water partition coefficient (Wildman–Crippen LogP) is 13.7. The number of nitrogens with zero attached hydrogens (tertiary/aromatic N) is 1. The number of benzene rings is 6. The van der Waals surface area contributed by atoms with E-state index in [0.717, 1.165) is 62.0 Å². The van der Waals surface area contributed by atoms with Gasteiger partial charge < -0.3 is 9.32 Å². The molecule has 2 aromatic heterocycles. The van der Waals surface area contributed by atoms with Gasteiger partial charge in [0.15, 0.2) is 11.6 Å². The number of furan rings is 1. The first-order chi connectivity index (χ1) is 23.6. The van der Waals surface area contributed by atoms with E-state index >= 15 is 0 Å². The molecule has 1 aliphatic carbocycles. The molecule has 8 aromatic rings. The van der Waals surface area contributed by atoms with E-state index in [-0.39, 0.29) is 10.8 Å². The second kappa shape index (κ2) is 10.8. The first-order valence-electron chi connectivity index (χ1n) is 16.9. The fraction of sp³-hybridized carbons (Fsp3) is 0.182. The standard InChI is InChI=1S/C44H35F2NOS/c1-43(2)20-21-44(3,4)35-25-41-33(24-34(35)43)30-18-16-27(23-40(30)49-41)47(26-17-19-36(45)37(46)22-26)38-14-7-5-10-28(38)31-12-9-13-32-29-11-6-8-15-39(29)48-42(31)32/h5-19,22-25H,20-21H2,1-4H3. The van der Waals surface area contributed by atoms with Crippen molar-refractivity contribution >= 4 is 70.5 Å². The number of hydrogen-bond donors (Lipinski definition) is 0. The van der Waals surface area contributed by atoms with E-state index in [1.54, 1.807) is 17.4 Å². The van der Waals surface area contributed by atoms with Crippen LogP contribution in [-0.4, -0.2) is 0 Å². The number of halogens is 2. The van der Waals surface area contributed by atoms with Crippen LogP contribution in [0.1, 0.15) is 51.7 Å². The Morgan fingerprint density at radius 1 is 0.571 bits per heavy atom. The maximum atomic E-state index is 15.0. The van der Waals surface area contributed by atoms with Gasteiger partial charge in [-0.2, -0.15) is 0 Å². The monoisotopic (exact) mass is 663 g/mol. The lowest BCUT2D eigenvalue weighted by Gasteiger charge is -2.41. The summed E-state index contributed by atoms with van der Waals surface area (Å²) in [7, 11) is 0. The molecule has 242 valence electrons. The molecular formula is C44H35F2NOS. The van der Waals surface area contributed by atoms with Crippen LogP contribution in [0.3, 0.4) is 0 Å². The van der Waals surface area contributed by atoms with Gasteiger partial charge in [-0.05, 0) is 83.3 Å². The summed E-state index contributed by atoms with van der Waals surface area (Å²) in [6.45, 7) is 9.45. The molecule has 0 aliphatic heterocycles. The molecule has 1 aliphatic rings. The van der Waals surface area contributed by atoms with Crippen molar-refractivity contribution in [2.24, 2.45) is 0 Å². The number of anilines is 3. The smallest absolute Gasteiger partial charge is 0.160 e. The summed E-state index contributed by atoms with van der Waals surface area (Å²) < 4.78 is 38.2. The predicted molar refractivity (Wildman–Crippen MR) is 202 cm³/mol. The van der Waals surface area contributed by atoms with Crippen molar-refractivity contribution in [1.82, 2.24) is 0 Å². The van der Waals surface area contributed by atoms with E-state index < -0.39 is 11.6 Å². The maximum absolute atomic E-state index is 15.0. The number of rotatable bonds is 4. The summed E-state index contributed by atoms with van der Waals surface area (Å²) in [6, 6.07) is 37.8. The molecule has 0 saturated heterocycles. The summed E-state index contributed by atoms with van der Waals surface area (Å²) in [4.78, 5) is 2.03. The van der Waals surface area contributed by atoms with Crippen LogP contribution in [-0.2, 0) is 10.8 Å². The van der Waals surface area contributed by atoms with Crippen LogP contribution >= 0.6 is 11.3 Å². The Morgan fingerprint density at radius 2 is 1.22 bits per heavy atom. The van der Waals surface area contributed by atoms with E-state index in [1.165, 1.54) is 38.7 Å². The molecule has 0 fully saturated rings. The molecule has 0 spiro atoms. The van der Waals surface area contributed by atoms with Gasteiger partial charge in [0, 0.05) is 59.5 Å². The van der Waals surface area contributed by atoms with Gasteiger partial charge in [0.1, 0.15) is 11.2 Å². The molecule has 0 radical (unpaired) electrons. The lowest BCUT2D eigenvalue weighted by Crippen LogP contribution is -2.33. The van der Waals surface area contributed by atoms with Crippen LogP contribution < -0.4 is 4.90 Å². The first kappa shape index (κ1) is 30.1. The van der Waals surface area contributed by atoms with Gasteiger partial charge >= 0.3 is 0 Å². The van der Waals surface area contributed by atoms with Crippen molar-refractivity contribution in [3.05, 3.63) is 138 Å². The topological polar surface area (TPSA) is 16.4 Å². The molecule has 6 aromatic carbocycles. The molecular weight excluding hydrogens is 629 g/mol. The molecule has 2 nitrogen and oxygen atoms in total. The highest BCUT2D eigenvalue weighted by Gasteiger charge is 2.37. The molecule has 9 rings (SSSR count). The molecule has 0 unspecified atom stereocenters. The summed E-state index contributed by atoms with van der Waals surface area (Å²) in [5.74, 6) is -1.77. The van der Waals surface area contributed by atoms with Gasteiger partial charge in [-0.3, -0.25) is 0 Å². The van der Waals surface area contributed by atoms with Gasteiger partial charge in [-0.25, -0.2) is 8.78 Å². The van der Waals surface area contributed by atoms with Gasteiger partial charge in [0.25, 0.3) is 0 Å². The van der Waals surface area contributed by atoms with Crippen molar-refractivity contribution in [2.45, 2.75) is 51.4 Å². The van der Waals surface area contributed by atoms with Gasteiger partial charge in [0.2, 0.25) is 0 Å². The fourth-order valence-electron chi connectivity index (χ4n) is 7.87. The summed E-state index contributed by atoms with van der Waals surface area (Å²) in [6.07, 6.45) is 2.33. The van der Waals surface area contributed by atoms with E-state index in [9.17, 15) is 8.78 Å². The zero-order chi connectivity index (χ0) is 33.7. The fourth-order valence-corrected chi connectivity index (χ4v) is 9.03. The SMILES string of the molecule is CC1(C)CCC(C)(C)c2cc3c(cc21)sc1cc(N(c2ccc(F)c(F)c2)c2ccccc2-c2cccc4c2oc2ccccc24)ccc13. The van der Waals surface area contributed by atoms with E-state index in [4.69, 9.17) is 4.42 Å².